The van der Waals surface area contributed by atoms with Crippen LogP contribution in [0.15, 0.2) is 42.5 Å². The molecule has 0 unspecified atom stereocenters. The predicted molar refractivity (Wildman–Crippen MR) is 96.9 cm³/mol. The van der Waals surface area contributed by atoms with E-state index in [-0.39, 0.29) is 18.0 Å². The average Bonchev–Trinajstić information content (AvgIpc) is 2.58. The number of anilines is 2. The van der Waals surface area contributed by atoms with Gasteiger partial charge in [0.15, 0.2) is 0 Å². The fourth-order valence-corrected chi connectivity index (χ4v) is 2.85. The van der Waals surface area contributed by atoms with E-state index in [2.05, 4.69) is 16.0 Å². The number of hydrogen-bond donors (Lipinski definition) is 3. The maximum atomic E-state index is 12.4. The molecule has 130 valence electrons. The largest absolute Gasteiger partial charge is 0.493 e. The topological polar surface area (TPSA) is 79.5 Å². The smallest absolute Gasteiger partial charge is 0.319 e. The Morgan fingerprint density at radius 1 is 1.12 bits per heavy atom. The molecule has 1 heterocycles. The van der Waals surface area contributed by atoms with Crippen LogP contribution in [0.25, 0.3) is 0 Å². The van der Waals surface area contributed by atoms with Crippen molar-refractivity contribution >= 4 is 23.3 Å². The first-order chi connectivity index (χ1) is 12.0. The second-order valence-corrected chi connectivity index (χ2v) is 6.04. The summed E-state index contributed by atoms with van der Waals surface area (Å²) in [4.78, 5) is 23.6. The summed E-state index contributed by atoms with van der Waals surface area (Å²) in [5.41, 5.74) is 3.19. The van der Waals surface area contributed by atoms with Crippen molar-refractivity contribution < 1.29 is 14.3 Å². The molecule has 0 fully saturated rings. The normalized spacial score (nSPS) is 15.5. The van der Waals surface area contributed by atoms with Crippen molar-refractivity contribution in [3.63, 3.8) is 0 Å². The lowest BCUT2D eigenvalue weighted by atomic mass is 10.0. The fourth-order valence-electron chi connectivity index (χ4n) is 2.85. The van der Waals surface area contributed by atoms with E-state index in [4.69, 9.17) is 4.74 Å². The van der Waals surface area contributed by atoms with Gasteiger partial charge >= 0.3 is 6.03 Å². The summed E-state index contributed by atoms with van der Waals surface area (Å²) in [7, 11) is 0. The van der Waals surface area contributed by atoms with Gasteiger partial charge in [-0.25, -0.2) is 4.79 Å². The molecule has 25 heavy (non-hydrogen) atoms. The van der Waals surface area contributed by atoms with E-state index in [1.807, 2.05) is 37.3 Å². The highest BCUT2D eigenvalue weighted by atomic mass is 16.5. The molecule has 2 aromatic carbocycles. The molecule has 0 radical (unpaired) electrons. The third kappa shape index (κ3) is 4.09. The first-order valence-corrected chi connectivity index (χ1v) is 8.20. The number of urea groups is 1. The summed E-state index contributed by atoms with van der Waals surface area (Å²) in [6.45, 7) is 3.91. The number of amides is 3. The predicted octanol–water partition coefficient (Wildman–Crippen LogP) is 3.60. The van der Waals surface area contributed by atoms with Crippen molar-refractivity contribution in [2.24, 2.45) is 0 Å². The zero-order valence-corrected chi connectivity index (χ0v) is 14.3. The summed E-state index contributed by atoms with van der Waals surface area (Å²) in [6, 6.07) is 12.7. The molecule has 0 spiro atoms. The molecule has 1 aliphatic rings. The Labute approximate surface area is 146 Å². The number of benzene rings is 2. The van der Waals surface area contributed by atoms with Crippen LogP contribution in [0.2, 0.25) is 0 Å². The Morgan fingerprint density at radius 2 is 1.92 bits per heavy atom. The quantitative estimate of drug-likeness (QED) is 0.799. The molecule has 3 rings (SSSR count). The summed E-state index contributed by atoms with van der Waals surface area (Å²) < 4.78 is 5.61. The lowest BCUT2D eigenvalue weighted by molar-refractivity contribution is -0.114. The van der Waals surface area contributed by atoms with E-state index >= 15 is 0 Å². The third-order valence-electron chi connectivity index (χ3n) is 4.07. The molecule has 2 aromatic rings. The van der Waals surface area contributed by atoms with Gasteiger partial charge in [-0.15, -0.1) is 0 Å². The number of nitrogens with one attached hydrogen (secondary N) is 3. The molecule has 0 aliphatic carbocycles. The van der Waals surface area contributed by atoms with Gasteiger partial charge in [0.05, 0.1) is 12.6 Å². The molecule has 0 saturated heterocycles. The van der Waals surface area contributed by atoms with Crippen molar-refractivity contribution in [2.45, 2.75) is 26.3 Å². The molecule has 0 bridgehead atoms. The Balaban J connectivity index is 1.70. The van der Waals surface area contributed by atoms with Gasteiger partial charge < -0.3 is 20.7 Å². The highest BCUT2D eigenvalue weighted by Crippen LogP contribution is 2.31. The second kappa shape index (κ2) is 7.25. The zero-order chi connectivity index (χ0) is 17.8. The van der Waals surface area contributed by atoms with Crippen molar-refractivity contribution in [3.05, 3.63) is 53.6 Å². The maximum Gasteiger partial charge on any atom is 0.319 e. The molecule has 0 aromatic heterocycles. The monoisotopic (exact) mass is 339 g/mol. The Hall–Kier alpha value is -3.02. The fraction of sp³-hybridized carbons (Fsp3) is 0.263. The van der Waals surface area contributed by atoms with Gasteiger partial charge in [-0.1, -0.05) is 24.3 Å². The van der Waals surface area contributed by atoms with Gasteiger partial charge in [-0.2, -0.15) is 0 Å². The number of aryl methyl sites for hydroxylation is 1. The van der Waals surface area contributed by atoms with Crippen LogP contribution >= 0.6 is 0 Å². The first kappa shape index (κ1) is 16.8. The minimum absolute atomic E-state index is 0.0937. The number of para-hydroxylation sites is 1. The number of carbonyl (C=O) groups is 2. The number of carbonyl (C=O) groups excluding carboxylic acids is 2. The molecular weight excluding hydrogens is 318 g/mol. The Kier molecular flexibility index (Phi) is 4.88. The van der Waals surface area contributed by atoms with Crippen LogP contribution in [0.3, 0.4) is 0 Å². The van der Waals surface area contributed by atoms with E-state index in [1.165, 1.54) is 6.92 Å². The van der Waals surface area contributed by atoms with Crippen molar-refractivity contribution in [2.75, 3.05) is 17.2 Å². The minimum atomic E-state index is -0.287. The number of hydrogen-bond acceptors (Lipinski definition) is 3. The summed E-state index contributed by atoms with van der Waals surface area (Å²) in [6.07, 6.45) is 0.718. The minimum Gasteiger partial charge on any atom is -0.493 e. The van der Waals surface area contributed by atoms with Crippen molar-refractivity contribution in [3.8, 4) is 5.75 Å². The van der Waals surface area contributed by atoms with Crippen LogP contribution < -0.4 is 20.7 Å². The van der Waals surface area contributed by atoms with Crippen molar-refractivity contribution in [1.82, 2.24) is 5.32 Å². The van der Waals surface area contributed by atoms with E-state index in [0.717, 1.165) is 23.3 Å². The van der Waals surface area contributed by atoms with E-state index in [9.17, 15) is 9.59 Å². The lowest BCUT2D eigenvalue weighted by Crippen LogP contribution is -2.35. The molecule has 3 N–H and O–H groups in total. The zero-order valence-electron chi connectivity index (χ0n) is 14.3. The summed E-state index contributed by atoms with van der Waals surface area (Å²) in [5, 5.41) is 8.57. The van der Waals surface area contributed by atoms with Crippen LogP contribution in [-0.4, -0.2) is 18.5 Å². The molecule has 3 amide bonds. The summed E-state index contributed by atoms with van der Waals surface area (Å²) >= 11 is 0. The second-order valence-electron chi connectivity index (χ2n) is 6.04. The van der Waals surface area contributed by atoms with Gasteiger partial charge in [0.2, 0.25) is 5.91 Å². The van der Waals surface area contributed by atoms with Crippen LogP contribution in [0.4, 0.5) is 16.2 Å². The number of fused-ring (bicyclic) bond motifs is 1. The lowest BCUT2D eigenvalue weighted by Gasteiger charge is -2.26. The summed E-state index contributed by atoms with van der Waals surface area (Å²) in [5.74, 6) is 0.654. The molecule has 1 atom stereocenters. The van der Waals surface area contributed by atoms with Crippen molar-refractivity contribution in [1.29, 1.82) is 0 Å². The molecule has 1 aliphatic heterocycles. The first-order valence-electron chi connectivity index (χ1n) is 8.20. The highest BCUT2D eigenvalue weighted by Gasteiger charge is 2.22. The van der Waals surface area contributed by atoms with Crippen LogP contribution in [-0.2, 0) is 4.79 Å². The van der Waals surface area contributed by atoms with Gasteiger partial charge in [-0.3, -0.25) is 4.79 Å². The van der Waals surface area contributed by atoms with Gasteiger partial charge in [0.25, 0.3) is 0 Å². The van der Waals surface area contributed by atoms with Crippen LogP contribution in [0, 0.1) is 6.92 Å². The Bertz CT molecular complexity index is 804. The average molecular weight is 339 g/mol. The van der Waals surface area contributed by atoms with E-state index in [1.54, 1.807) is 12.1 Å². The molecule has 0 saturated carbocycles. The van der Waals surface area contributed by atoms with Gasteiger partial charge in [0.1, 0.15) is 5.75 Å². The van der Waals surface area contributed by atoms with Gasteiger partial charge in [0, 0.05) is 30.3 Å². The van der Waals surface area contributed by atoms with Crippen LogP contribution in [0.5, 0.6) is 5.75 Å². The number of rotatable bonds is 3. The van der Waals surface area contributed by atoms with E-state index < -0.39 is 0 Å². The maximum absolute atomic E-state index is 12.4. The molecule has 6 nitrogen and oxygen atoms in total. The molecular formula is C19H21N3O3. The number of ether oxygens (including phenoxy) is 1. The van der Waals surface area contributed by atoms with Gasteiger partial charge in [-0.05, 0) is 30.7 Å². The highest BCUT2D eigenvalue weighted by molar-refractivity contribution is 5.93. The third-order valence-corrected chi connectivity index (χ3v) is 4.07. The standard InChI is InChI=1S/C19H21N3O3/c1-12-7-8-14(20-13(2)23)11-17(12)22-19(24)21-16-9-10-25-18-6-4-3-5-15(16)18/h3-8,11,16H,9-10H2,1-2H3,(H,20,23)(H2,21,22,24)/t16-/m1/s1. The van der Waals surface area contributed by atoms with Crippen LogP contribution in [0.1, 0.15) is 30.5 Å². The molecule has 6 heteroatoms. The van der Waals surface area contributed by atoms with E-state index in [0.29, 0.717) is 18.0 Å². The SMILES string of the molecule is CC(=O)Nc1ccc(C)c(NC(=O)N[C@@H]2CCOc3ccccc32)c1. The Morgan fingerprint density at radius 3 is 2.72 bits per heavy atom.